The molecular weight excluding hydrogens is 504 g/mol. The van der Waals surface area contributed by atoms with Crippen molar-refractivity contribution in [2.75, 3.05) is 0 Å². The van der Waals surface area contributed by atoms with E-state index < -0.39 is 81.1 Å². The molecule has 0 bridgehead atoms. The third-order valence-electron chi connectivity index (χ3n) is 4.88. The zero-order valence-corrected chi connectivity index (χ0v) is 17.3. The summed E-state index contributed by atoms with van der Waals surface area (Å²) in [4.78, 5) is 24.8. The van der Waals surface area contributed by atoms with E-state index in [1.165, 1.54) is 24.3 Å². The Morgan fingerprint density at radius 3 is 1.31 bits per heavy atom. The Morgan fingerprint density at radius 1 is 0.528 bits per heavy atom. The van der Waals surface area contributed by atoms with Crippen LogP contribution in [0.2, 0.25) is 0 Å². The van der Waals surface area contributed by atoms with E-state index in [0.29, 0.717) is 0 Å². The first-order chi connectivity index (χ1) is 17.0. The summed E-state index contributed by atoms with van der Waals surface area (Å²) in [5.41, 5.74) is -2.59. The highest BCUT2D eigenvalue weighted by Gasteiger charge is 2.27. The zero-order chi connectivity index (χ0) is 26.3. The molecule has 0 saturated carbocycles. The van der Waals surface area contributed by atoms with Gasteiger partial charge in [-0.15, -0.1) is 0 Å². The number of hydrogen-bond acceptors (Lipinski definition) is 4. The lowest BCUT2D eigenvalue weighted by Crippen LogP contribution is -2.15. The van der Waals surface area contributed by atoms with Crippen molar-refractivity contribution in [1.82, 2.24) is 0 Å². The molecule has 0 radical (unpaired) electrons. The van der Waals surface area contributed by atoms with Crippen LogP contribution in [0.1, 0.15) is 20.7 Å². The van der Waals surface area contributed by atoms with Gasteiger partial charge >= 0.3 is 11.9 Å². The van der Waals surface area contributed by atoms with E-state index >= 15 is 0 Å². The van der Waals surface area contributed by atoms with E-state index in [9.17, 15) is 44.7 Å². The summed E-state index contributed by atoms with van der Waals surface area (Å²) >= 11 is 0. The molecular formula is C24H8F8O4. The van der Waals surface area contributed by atoms with Crippen molar-refractivity contribution < 1.29 is 54.2 Å². The van der Waals surface area contributed by atoms with Gasteiger partial charge in [-0.2, -0.15) is 0 Å². The molecule has 12 heteroatoms. The van der Waals surface area contributed by atoms with Crippen LogP contribution in [-0.4, -0.2) is 11.9 Å². The molecule has 4 aromatic carbocycles. The zero-order valence-electron chi connectivity index (χ0n) is 17.3. The number of carbonyl (C=O) groups excluding carboxylic acids is 2. The topological polar surface area (TPSA) is 52.6 Å². The quantitative estimate of drug-likeness (QED) is 0.105. The van der Waals surface area contributed by atoms with Gasteiger partial charge in [0, 0.05) is 0 Å². The molecule has 0 spiro atoms. The fraction of sp³-hybridized carbons (Fsp3) is 0. The van der Waals surface area contributed by atoms with Crippen molar-refractivity contribution >= 4 is 22.7 Å². The van der Waals surface area contributed by atoms with Crippen LogP contribution in [0.5, 0.6) is 11.5 Å². The number of halogens is 8. The Balaban J connectivity index is 1.75. The summed E-state index contributed by atoms with van der Waals surface area (Å²) in [7, 11) is 0. The summed E-state index contributed by atoms with van der Waals surface area (Å²) in [5, 5.41) is 0.0214. The minimum Gasteiger partial charge on any atom is -0.422 e. The Kier molecular flexibility index (Phi) is 6.35. The molecule has 0 amide bonds. The molecule has 36 heavy (non-hydrogen) atoms. The Morgan fingerprint density at radius 2 is 0.917 bits per heavy atom. The van der Waals surface area contributed by atoms with Gasteiger partial charge in [0.05, 0.1) is 5.39 Å². The first-order valence-electron chi connectivity index (χ1n) is 9.63. The molecule has 184 valence electrons. The largest absolute Gasteiger partial charge is 0.422 e. The van der Waals surface area contributed by atoms with Crippen LogP contribution in [0.3, 0.4) is 0 Å². The second kappa shape index (κ2) is 9.29. The van der Waals surface area contributed by atoms with Crippen molar-refractivity contribution in [2.24, 2.45) is 0 Å². The second-order valence-electron chi connectivity index (χ2n) is 7.09. The average molecular weight is 512 g/mol. The molecule has 0 saturated heterocycles. The van der Waals surface area contributed by atoms with Crippen molar-refractivity contribution in [1.29, 1.82) is 0 Å². The van der Waals surface area contributed by atoms with Gasteiger partial charge in [0.2, 0.25) is 0 Å². The van der Waals surface area contributed by atoms with E-state index in [1.807, 2.05) is 0 Å². The average Bonchev–Trinajstić information content (AvgIpc) is 2.85. The molecule has 0 fully saturated rings. The molecule has 0 heterocycles. The van der Waals surface area contributed by atoms with E-state index in [1.54, 1.807) is 0 Å². The highest BCUT2D eigenvalue weighted by Crippen LogP contribution is 2.35. The van der Waals surface area contributed by atoms with Crippen LogP contribution in [0.4, 0.5) is 35.1 Å². The lowest BCUT2D eigenvalue weighted by molar-refractivity contribution is 0.0728. The molecule has 0 N–H and O–H groups in total. The number of fused-ring (bicyclic) bond motifs is 1. The van der Waals surface area contributed by atoms with Gasteiger partial charge in [-0.05, 0) is 29.7 Å². The van der Waals surface area contributed by atoms with Crippen molar-refractivity contribution in [2.45, 2.75) is 0 Å². The number of ether oxygens (including phenoxy) is 2. The maximum Gasteiger partial charge on any atom is 0.346 e. The summed E-state index contributed by atoms with van der Waals surface area (Å²) in [6.07, 6.45) is 0. The van der Waals surface area contributed by atoms with E-state index in [4.69, 9.17) is 9.47 Å². The smallest absolute Gasteiger partial charge is 0.346 e. The molecule has 0 aromatic heterocycles. The predicted octanol–water partition coefficient (Wildman–Crippen LogP) is 6.39. The fourth-order valence-electron chi connectivity index (χ4n) is 3.20. The van der Waals surface area contributed by atoms with Gasteiger partial charge < -0.3 is 9.47 Å². The Bertz CT molecular complexity index is 1460. The standard InChI is InChI=1S/C24H8F8O4/c25-12-7-10(17(27)21(31)19(12)29)23(33)35-14-5-1-3-9-4-2-6-15(16(9)14)36-24(34)11-8-13(26)20(30)22(32)18(11)28/h1-8H. The lowest BCUT2D eigenvalue weighted by Gasteiger charge is -2.13. The van der Waals surface area contributed by atoms with E-state index in [2.05, 4.69) is 0 Å². The molecule has 4 nitrogen and oxygen atoms in total. The SMILES string of the molecule is O=C(Oc1cccc2cccc(OC(=O)c3cc(F)c(F)c(F)c3F)c12)c1cc(F)c(F)c(F)c1F. The molecule has 0 unspecified atom stereocenters. The van der Waals surface area contributed by atoms with Crippen LogP contribution in [0.15, 0.2) is 48.5 Å². The fourth-order valence-corrected chi connectivity index (χ4v) is 3.20. The maximum atomic E-state index is 14.0. The number of rotatable bonds is 4. The van der Waals surface area contributed by atoms with E-state index in [-0.39, 0.29) is 22.9 Å². The summed E-state index contributed by atoms with van der Waals surface area (Å²) in [6, 6.07) is 7.82. The van der Waals surface area contributed by atoms with Gasteiger partial charge in [-0.3, -0.25) is 0 Å². The monoisotopic (exact) mass is 512 g/mol. The third-order valence-corrected chi connectivity index (χ3v) is 4.88. The first kappa shape index (κ1) is 24.6. The number of hydrogen-bond donors (Lipinski definition) is 0. The first-order valence-corrected chi connectivity index (χ1v) is 9.63. The minimum atomic E-state index is -2.25. The third kappa shape index (κ3) is 4.21. The number of benzene rings is 4. The second-order valence-corrected chi connectivity index (χ2v) is 7.09. The van der Waals surface area contributed by atoms with Gasteiger partial charge in [0.25, 0.3) is 0 Å². The van der Waals surface area contributed by atoms with Gasteiger partial charge in [-0.25, -0.2) is 44.7 Å². The summed E-state index contributed by atoms with van der Waals surface area (Å²) < 4.78 is 118. The minimum absolute atomic E-state index is 0.0720. The molecule has 0 aliphatic carbocycles. The van der Waals surface area contributed by atoms with Crippen molar-refractivity contribution in [3.05, 3.63) is 106 Å². The summed E-state index contributed by atoms with van der Waals surface area (Å²) in [6.45, 7) is 0. The Labute approximate surface area is 195 Å². The lowest BCUT2D eigenvalue weighted by atomic mass is 10.1. The molecule has 0 aliphatic rings. The normalized spacial score (nSPS) is 11.0. The molecule has 0 atom stereocenters. The van der Waals surface area contributed by atoms with Crippen molar-refractivity contribution in [3.8, 4) is 11.5 Å². The number of esters is 2. The van der Waals surface area contributed by atoms with Crippen LogP contribution in [0.25, 0.3) is 10.8 Å². The molecule has 4 aromatic rings. The highest BCUT2D eigenvalue weighted by molar-refractivity contribution is 6.00. The highest BCUT2D eigenvalue weighted by atomic mass is 19.2. The van der Waals surface area contributed by atoms with Crippen LogP contribution < -0.4 is 9.47 Å². The van der Waals surface area contributed by atoms with E-state index in [0.717, 1.165) is 12.1 Å². The maximum absolute atomic E-state index is 14.0. The predicted molar refractivity (Wildman–Crippen MR) is 106 cm³/mol. The van der Waals surface area contributed by atoms with Crippen molar-refractivity contribution in [3.63, 3.8) is 0 Å². The van der Waals surface area contributed by atoms with Gasteiger partial charge in [0.1, 0.15) is 22.6 Å². The summed E-state index contributed by atoms with van der Waals surface area (Å²) in [5.74, 6) is -20.8. The van der Waals surface area contributed by atoms with Gasteiger partial charge in [-0.1, -0.05) is 24.3 Å². The number of carbonyl (C=O) groups is 2. The molecule has 0 aliphatic heterocycles. The van der Waals surface area contributed by atoms with Gasteiger partial charge in [0.15, 0.2) is 46.5 Å². The van der Waals surface area contributed by atoms with Crippen LogP contribution >= 0.6 is 0 Å². The Hall–Kier alpha value is -4.48. The van der Waals surface area contributed by atoms with Crippen LogP contribution in [-0.2, 0) is 0 Å². The molecule has 4 rings (SSSR count). The van der Waals surface area contributed by atoms with Crippen LogP contribution in [0, 0.1) is 46.5 Å².